The number of hydrogen-bond donors (Lipinski definition) is 1. The van der Waals surface area contributed by atoms with E-state index in [4.69, 9.17) is 27.9 Å². The summed E-state index contributed by atoms with van der Waals surface area (Å²) < 4.78 is 42.5. The molecular formula is C29H28Cl2FN2O5S-. The van der Waals surface area contributed by atoms with Crippen LogP contribution in [0.1, 0.15) is 48.6 Å². The minimum atomic E-state index is -2.51. The van der Waals surface area contributed by atoms with Crippen molar-refractivity contribution >= 4 is 46.1 Å². The summed E-state index contributed by atoms with van der Waals surface area (Å²) in [6.07, 6.45) is -0.759. The number of hydrogen-bond acceptors (Lipinski definition) is 5. The van der Waals surface area contributed by atoms with E-state index in [2.05, 4.69) is 5.32 Å². The molecule has 3 aromatic rings. The Morgan fingerprint density at radius 1 is 1.02 bits per heavy atom. The van der Waals surface area contributed by atoms with Crippen LogP contribution in [0.15, 0.2) is 72.8 Å². The van der Waals surface area contributed by atoms with Crippen molar-refractivity contribution < 1.29 is 27.5 Å². The summed E-state index contributed by atoms with van der Waals surface area (Å²) in [7, 11) is 0. The van der Waals surface area contributed by atoms with Crippen LogP contribution in [0.25, 0.3) is 0 Å². The molecule has 1 unspecified atom stereocenters. The van der Waals surface area contributed by atoms with Crippen LogP contribution in [0.3, 0.4) is 0 Å². The summed E-state index contributed by atoms with van der Waals surface area (Å²) in [4.78, 5) is 29.1. The molecule has 1 aliphatic rings. The molecule has 2 amide bonds. The Morgan fingerprint density at radius 3 is 2.15 bits per heavy atom. The predicted octanol–water partition coefficient (Wildman–Crippen LogP) is 5.51. The maximum absolute atomic E-state index is 14.2. The zero-order valence-electron chi connectivity index (χ0n) is 21.6. The van der Waals surface area contributed by atoms with Gasteiger partial charge in [-0.3, -0.25) is 13.8 Å². The lowest BCUT2D eigenvalue weighted by Gasteiger charge is -2.47. The van der Waals surface area contributed by atoms with Gasteiger partial charge in [0.2, 0.25) is 5.91 Å². The first kappa shape index (κ1) is 30.1. The Labute approximate surface area is 244 Å². The number of ether oxygens (including phenoxy) is 1. The first-order chi connectivity index (χ1) is 19.2. The summed E-state index contributed by atoms with van der Waals surface area (Å²) in [5.74, 6) is -2.01. The first-order valence-corrected chi connectivity index (χ1v) is 14.7. The second kappa shape index (κ2) is 13.7. The highest BCUT2D eigenvalue weighted by atomic mass is 35.5. The van der Waals surface area contributed by atoms with Crippen molar-refractivity contribution in [3.63, 3.8) is 0 Å². The molecule has 0 aliphatic carbocycles. The second-order valence-electron chi connectivity index (χ2n) is 9.46. The lowest BCUT2D eigenvalue weighted by molar-refractivity contribution is -0.181. The molecule has 3 aromatic carbocycles. The van der Waals surface area contributed by atoms with Gasteiger partial charge in [-0.1, -0.05) is 72.9 Å². The van der Waals surface area contributed by atoms with Crippen LogP contribution in [0.5, 0.6) is 0 Å². The lowest BCUT2D eigenvalue weighted by Crippen LogP contribution is -2.59. The minimum Gasteiger partial charge on any atom is -0.771 e. The van der Waals surface area contributed by atoms with Crippen molar-refractivity contribution in [1.29, 1.82) is 0 Å². The standard InChI is InChI=1S/C29H29Cl2FN2O5S/c1-2-3-24(28(35)33-17-40(37)38)34-26(19-6-10-21(30)11-7-19)27(20-8-12-22(31)13-9-20)39-25(29(34)36)16-18-4-14-23(32)15-5-18/h4-15,24-27H,2-3,16-17H2,1H3,(H,33,35)(H,37,38)/p-1/t24-,25+,26-,27+/m1/s1. The van der Waals surface area contributed by atoms with Crippen molar-refractivity contribution in [3.05, 3.63) is 105 Å². The van der Waals surface area contributed by atoms with Crippen LogP contribution in [-0.2, 0) is 31.8 Å². The van der Waals surface area contributed by atoms with Crippen LogP contribution in [0.2, 0.25) is 10.0 Å². The van der Waals surface area contributed by atoms with Crippen molar-refractivity contribution in [2.24, 2.45) is 0 Å². The minimum absolute atomic E-state index is 0.137. The predicted molar refractivity (Wildman–Crippen MR) is 151 cm³/mol. The lowest BCUT2D eigenvalue weighted by atomic mass is 9.88. The number of benzene rings is 3. The third-order valence-corrected chi connectivity index (χ3v) is 7.62. The molecule has 0 spiro atoms. The van der Waals surface area contributed by atoms with E-state index in [1.807, 2.05) is 6.92 Å². The number of amides is 2. The van der Waals surface area contributed by atoms with Crippen LogP contribution in [0, 0.1) is 5.82 Å². The molecule has 1 fully saturated rings. The average Bonchev–Trinajstić information content (AvgIpc) is 2.93. The van der Waals surface area contributed by atoms with Gasteiger partial charge >= 0.3 is 0 Å². The average molecular weight is 607 g/mol. The number of carbonyl (C=O) groups excluding carboxylic acids is 2. The molecule has 11 heteroatoms. The molecular weight excluding hydrogens is 578 g/mol. The number of morpholine rings is 1. The Balaban J connectivity index is 1.84. The quantitative estimate of drug-likeness (QED) is 0.307. The van der Waals surface area contributed by atoms with Crippen molar-refractivity contribution in [3.8, 4) is 0 Å². The molecule has 7 nitrogen and oxygen atoms in total. The van der Waals surface area contributed by atoms with Crippen LogP contribution < -0.4 is 5.32 Å². The fourth-order valence-corrected chi connectivity index (χ4v) is 5.41. The number of nitrogens with one attached hydrogen (secondary N) is 1. The fourth-order valence-electron chi connectivity index (χ4n) is 4.90. The topological polar surface area (TPSA) is 98.8 Å². The molecule has 4 rings (SSSR count). The van der Waals surface area contributed by atoms with E-state index in [0.29, 0.717) is 27.6 Å². The monoisotopic (exact) mass is 605 g/mol. The molecule has 0 bridgehead atoms. The molecule has 1 aliphatic heterocycles. The highest BCUT2D eigenvalue weighted by molar-refractivity contribution is 7.79. The van der Waals surface area contributed by atoms with Gasteiger partial charge in [0.1, 0.15) is 24.1 Å². The van der Waals surface area contributed by atoms with E-state index in [1.54, 1.807) is 60.7 Å². The largest absolute Gasteiger partial charge is 0.771 e. The highest BCUT2D eigenvalue weighted by Crippen LogP contribution is 2.44. The zero-order valence-corrected chi connectivity index (χ0v) is 23.9. The molecule has 0 saturated carbocycles. The number of carbonyl (C=O) groups is 2. The van der Waals surface area contributed by atoms with Gasteiger partial charge in [-0.05, 0) is 70.6 Å². The zero-order chi connectivity index (χ0) is 28.8. The normalized spacial score (nSPS) is 20.7. The summed E-state index contributed by atoms with van der Waals surface area (Å²) in [6, 6.07) is 18.0. The summed E-state index contributed by atoms with van der Waals surface area (Å²) in [6.45, 7) is 1.88. The Kier molecular flexibility index (Phi) is 10.3. The van der Waals surface area contributed by atoms with E-state index in [0.717, 1.165) is 5.56 Å². The molecule has 40 heavy (non-hydrogen) atoms. The van der Waals surface area contributed by atoms with Gasteiger partial charge in [0.05, 0.1) is 11.9 Å². The van der Waals surface area contributed by atoms with Crippen LogP contribution >= 0.6 is 23.2 Å². The third kappa shape index (κ3) is 7.27. The molecule has 5 atom stereocenters. The molecule has 1 heterocycles. The first-order valence-electron chi connectivity index (χ1n) is 12.7. The molecule has 0 radical (unpaired) electrons. The van der Waals surface area contributed by atoms with Crippen molar-refractivity contribution in [2.45, 2.75) is 50.5 Å². The number of nitrogens with zero attached hydrogens (tertiary/aromatic N) is 1. The highest BCUT2D eigenvalue weighted by Gasteiger charge is 2.48. The van der Waals surface area contributed by atoms with Crippen molar-refractivity contribution in [1.82, 2.24) is 10.2 Å². The maximum Gasteiger partial charge on any atom is 0.253 e. The smallest absolute Gasteiger partial charge is 0.253 e. The maximum atomic E-state index is 14.2. The van der Waals surface area contributed by atoms with Gasteiger partial charge < -0.3 is 19.5 Å². The van der Waals surface area contributed by atoms with Crippen molar-refractivity contribution in [2.75, 3.05) is 5.88 Å². The molecule has 1 saturated heterocycles. The number of halogens is 3. The SMILES string of the molecule is CCC[C@H](C(=O)NCS(=O)[O-])N1C(=O)[C@H](Cc2ccc(F)cc2)O[C@@H](c2ccc(Cl)cc2)[C@H]1c1ccc(Cl)cc1. The summed E-state index contributed by atoms with van der Waals surface area (Å²) in [5.41, 5.74) is 2.08. The fraction of sp³-hybridized carbons (Fsp3) is 0.310. The third-order valence-electron chi connectivity index (χ3n) is 6.74. The van der Waals surface area contributed by atoms with Crippen LogP contribution in [-0.4, -0.2) is 43.5 Å². The molecule has 0 aromatic heterocycles. The second-order valence-corrected chi connectivity index (χ2v) is 11.2. The molecule has 212 valence electrons. The van der Waals surface area contributed by atoms with Gasteiger partial charge in [0, 0.05) is 16.5 Å². The number of rotatable bonds is 10. The molecule has 1 N–H and O–H groups in total. The Bertz CT molecular complexity index is 1340. The Morgan fingerprint density at radius 2 is 1.60 bits per heavy atom. The van der Waals surface area contributed by atoms with E-state index in [-0.39, 0.29) is 12.8 Å². The van der Waals surface area contributed by atoms with Gasteiger partial charge in [0.15, 0.2) is 0 Å². The summed E-state index contributed by atoms with van der Waals surface area (Å²) >= 11 is 9.82. The van der Waals surface area contributed by atoms with Gasteiger partial charge in [0.25, 0.3) is 5.91 Å². The summed E-state index contributed by atoms with van der Waals surface area (Å²) in [5, 5.41) is 3.45. The van der Waals surface area contributed by atoms with E-state index < -0.39 is 58.9 Å². The van der Waals surface area contributed by atoms with Gasteiger partial charge in [-0.15, -0.1) is 0 Å². The van der Waals surface area contributed by atoms with Crippen LogP contribution in [0.4, 0.5) is 4.39 Å². The van der Waals surface area contributed by atoms with E-state index in [9.17, 15) is 22.7 Å². The van der Waals surface area contributed by atoms with E-state index in [1.165, 1.54) is 17.0 Å². The Hall–Kier alpha value is -2.82. The van der Waals surface area contributed by atoms with E-state index >= 15 is 0 Å². The van der Waals surface area contributed by atoms with Gasteiger partial charge in [-0.25, -0.2) is 4.39 Å². The van der Waals surface area contributed by atoms with Gasteiger partial charge in [-0.2, -0.15) is 0 Å².